The molecule has 0 aliphatic carbocycles. The van der Waals surface area contributed by atoms with Crippen LogP contribution in [0.15, 0.2) is 108 Å². The third kappa shape index (κ3) is 6.65. The number of nitrogens with zero attached hydrogens (tertiary/aromatic N) is 6. The van der Waals surface area contributed by atoms with Gasteiger partial charge in [0.2, 0.25) is 5.91 Å². The predicted molar refractivity (Wildman–Crippen MR) is 171 cm³/mol. The summed E-state index contributed by atoms with van der Waals surface area (Å²) in [4.78, 5) is 35.6. The van der Waals surface area contributed by atoms with Crippen molar-refractivity contribution in [3.63, 3.8) is 0 Å². The first kappa shape index (κ1) is 29.4. The number of amides is 1. The lowest BCUT2D eigenvalue weighted by atomic mass is 9.95. The van der Waals surface area contributed by atoms with Crippen LogP contribution in [0.5, 0.6) is 5.75 Å². The van der Waals surface area contributed by atoms with E-state index < -0.39 is 5.97 Å². The largest absolute Gasteiger partial charge is 0.507 e. The lowest BCUT2D eigenvalue weighted by Gasteiger charge is -2.32. The van der Waals surface area contributed by atoms with Crippen LogP contribution in [-0.2, 0) is 11.3 Å². The van der Waals surface area contributed by atoms with Gasteiger partial charge >= 0.3 is 5.97 Å². The Morgan fingerprint density at radius 2 is 1.62 bits per heavy atom. The molecule has 45 heavy (non-hydrogen) atoms. The Morgan fingerprint density at radius 3 is 2.36 bits per heavy atom. The zero-order chi connectivity index (χ0) is 31.3. The summed E-state index contributed by atoms with van der Waals surface area (Å²) in [5.74, 6) is -0.166. The Morgan fingerprint density at radius 1 is 0.933 bits per heavy atom. The number of likely N-dealkylation sites (tertiary alicyclic amines) is 1. The molecular formula is C35H32N6O4. The van der Waals surface area contributed by atoms with Gasteiger partial charge in [-0.15, -0.1) is 0 Å². The maximum atomic E-state index is 13.6. The van der Waals surface area contributed by atoms with E-state index in [0.717, 1.165) is 52.9 Å². The van der Waals surface area contributed by atoms with Gasteiger partial charge in [0, 0.05) is 31.9 Å². The number of rotatable bonds is 8. The van der Waals surface area contributed by atoms with Crippen LogP contribution < -0.4 is 0 Å². The number of hydrogen-bond donors (Lipinski definition) is 2. The van der Waals surface area contributed by atoms with E-state index in [-0.39, 0.29) is 17.2 Å². The minimum atomic E-state index is -1.25. The van der Waals surface area contributed by atoms with Crippen LogP contribution in [0.25, 0.3) is 16.6 Å². The van der Waals surface area contributed by atoms with Crippen LogP contribution in [0.1, 0.15) is 40.2 Å². The molecular weight excluding hydrogens is 568 g/mol. The van der Waals surface area contributed by atoms with Crippen molar-refractivity contribution in [2.24, 2.45) is 16.1 Å². The molecule has 3 aromatic carbocycles. The second kappa shape index (κ2) is 12.9. The third-order valence-corrected chi connectivity index (χ3v) is 8.13. The first-order valence-corrected chi connectivity index (χ1v) is 14.8. The van der Waals surface area contributed by atoms with Gasteiger partial charge in [-0.25, -0.2) is 9.78 Å². The molecule has 1 amide bonds. The van der Waals surface area contributed by atoms with Crippen LogP contribution in [0.4, 0.5) is 11.4 Å². The molecule has 2 aromatic heterocycles. The molecule has 1 aliphatic heterocycles. The molecule has 10 nitrogen and oxygen atoms in total. The fraction of sp³-hybridized carbons (Fsp3) is 0.200. The van der Waals surface area contributed by atoms with Gasteiger partial charge in [0.25, 0.3) is 0 Å². The van der Waals surface area contributed by atoms with Gasteiger partial charge in [-0.1, -0.05) is 42.5 Å². The highest BCUT2D eigenvalue weighted by Gasteiger charge is 2.24. The molecule has 226 valence electrons. The maximum absolute atomic E-state index is 13.6. The molecule has 5 aromatic rings. The number of benzene rings is 3. The van der Waals surface area contributed by atoms with E-state index >= 15 is 0 Å². The number of carbonyl (C=O) groups excluding carboxylic acids is 1. The molecule has 1 fully saturated rings. The van der Waals surface area contributed by atoms with Crippen molar-refractivity contribution >= 4 is 39.9 Å². The van der Waals surface area contributed by atoms with Crippen LogP contribution in [0.3, 0.4) is 0 Å². The number of pyridine rings is 1. The summed E-state index contributed by atoms with van der Waals surface area (Å²) in [6.45, 7) is 4.28. The van der Waals surface area contributed by atoms with Crippen molar-refractivity contribution in [1.29, 1.82) is 0 Å². The van der Waals surface area contributed by atoms with Gasteiger partial charge in [0.15, 0.2) is 0 Å². The standard InChI is InChI=1S/C35H32N6O4/c1-23-37-31-21-36-16-13-32(31)41(23)22-24-14-17-40(18-15-24)34(43)20-29(25-5-3-2-4-6-25)26-7-9-27(10-8-26)38-39-28-11-12-33(42)30(19-28)35(44)45/h2-13,16,19-21,24,42H,14-15,17-18,22H2,1H3,(H,44,45)/b29-20-,39-38?. The average molecular weight is 601 g/mol. The number of carboxylic acid groups (broad SMARTS) is 1. The molecule has 6 rings (SSSR count). The number of hydrogen-bond acceptors (Lipinski definition) is 7. The van der Waals surface area contributed by atoms with E-state index in [1.807, 2.05) is 60.4 Å². The van der Waals surface area contributed by atoms with Gasteiger partial charge in [0.1, 0.15) is 22.7 Å². The fourth-order valence-electron chi connectivity index (χ4n) is 5.67. The molecule has 1 aliphatic rings. The first-order chi connectivity index (χ1) is 21.9. The highest BCUT2D eigenvalue weighted by molar-refractivity contribution is 5.99. The minimum Gasteiger partial charge on any atom is -0.507 e. The summed E-state index contributed by atoms with van der Waals surface area (Å²) in [7, 11) is 0. The molecule has 3 heterocycles. The number of phenols is 1. The lowest BCUT2D eigenvalue weighted by molar-refractivity contribution is -0.127. The summed E-state index contributed by atoms with van der Waals surface area (Å²) >= 11 is 0. The van der Waals surface area contributed by atoms with E-state index in [0.29, 0.717) is 30.4 Å². The van der Waals surface area contributed by atoms with Crippen molar-refractivity contribution < 1.29 is 19.8 Å². The number of fused-ring (bicyclic) bond motifs is 1. The molecule has 0 spiro atoms. The number of aromatic nitrogens is 3. The minimum absolute atomic E-state index is 0.0204. The SMILES string of the molecule is Cc1nc2cnccc2n1CC1CCN(C(=O)/C=C(/c2ccccc2)c2ccc(N=Nc3ccc(O)c(C(=O)O)c3)cc2)CC1. The number of piperidine rings is 1. The van der Waals surface area contributed by atoms with E-state index in [1.54, 1.807) is 30.6 Å². The second-order valence-corrected chi connectivity index (χ2v) is 11.1. The van der Waals surface area contributed by atoms with Crippen LogP contribution in [0.2, 0.25) is 0 Å². The van der Waals surface area contributed by atoms with Crippen molar-refractivity contribution in [3.05, 3.63) is 120 Å². The summed E-state index contributed by atoms with van der Waals surface area (Å²) in [5, 5.41) is 27.3. The molecule has 0 radical (unpaired) electrons. The van der Waals surface area contributed by atoms with E-state index in [4.69, 9.17) is 0 Å². The maximum Gasteiger partial charge on any atom is 0.339 e. The van der Waals surface area contributed by atoms with Crippen LogP contribution in [-0.4, -0.2) is 54.6 Å². The van der Waals surface area contributed by atoms with Gasteiger partial charge in [-0.2, -0.15) is 10.2 Å². The number of azo groups is 1. The zero-order valence-electron chi connectivity index (χ0n) is 24.7. The Hall–Kier alpha value is -5.64. The van der Waals surface area contributed by atoms with Gasteiger partial charge in [-0.3, -0.25) is 9.78 Å². The number of aryl methyl sites for hydroxylation is 1. The molecule has 0 atom stereocenters. The highest BCUT2D eigenvalue weighted by Crippen LogP contribution is 2.29. The summed E-state index contributed by atoms with van der Waals surface area (Å²) in [6, 6.07) is 23.2. The molecule has 1 saturated heterocycles. The van der Waals surface area contributed by atoms with E-state index in [2.05, 4.69) is 24.8 Å². The Labute approximate surface area is 260 Å². The van der Waals surface area contributed by atoms with Gasteiger partial charge < -0.3 is 19.7 Å². The van der Waals surface area contributed by atoms with Gasteiger partial charge in [-0.05, 0) is 78.8 Å². The molecule has 10 heteroatoms. The van der Waals surface area contributed by atoms with Crippen molar-refractivity contribution in [2.45, 2.75) is 26.3 Å². The molecule has 0 bridgehead atoms. The molecule has 0 unspecified atom stereocenters. The smallest absolute Gasteiger partial charge is 0.339 e. The average Bonchev–Trinajstić information content (AvgIpc) is 3.38. The summed E-state index contributed by atoms with van der Waals surface area (Å²) in [6.07, 6.45) is 7.14. The van der Waals surface area contributed by atoms with Crippen LogP contribution >= 0.6 is 0 Å². The normalized spacial score (nSPS) is 14.3. The predicted octanol–water partition coefficient (Wildman–Crippen LogP) is 6.93. The number of aromatic carboxylic acids is 1. The zero-order valence-corrected chi connectivity index (χ0v) is 24.7. The highest BCUT2D eigenvalue weighted by atomic mass is 16.4. The first-order valence-electron chi connectivity index (χ1n) is 14.8. The van der Waals surface area contributed by atoms with E-state index in [9.17, 15) is 19.8 Å². The third-order valence-electron chi connectivity index (χ3n) is 8.13. The Balaban J connectivity index is 1.16. The number of carbonyl (C=O) groups is 2. The topological polar surface area (TPSA) is 133 Å². The summed E-state index contributed by atoms with van der Waals surface area (Å²) in [5.41, 5.74) is 5.22. The Kier molecular flexibility index (Phi) is 8.45. The molecule has 0 saturated carbocycles. The number of aromatic hydroxyl groups is 1. The quantitative estimate of drug-likeness (QED) is 0.147. The van der Waals surface area contributed by atoms with Crippen molar-refractivity contribution in [1.82, 2.24) is 19.4 Å². The number of imidazole rings is 1. The van der Waals surface area contributed by atoms with Crippen molar-refractivity contribution in [2.75, 3.05) is 13.1 Å². The van der Waals surface area contributed by atoms with E-state index in [1.165, 1.54) is 18.2 Å². The summed E-state index contributed by atoms with van der Waals surface area (Å²) < 4.78 is 2.26. The monoisotopic (exact) mass is 600 g/mol. The van der Waals surface area contributed by atoms with Crippen LogP contribution in [0, 0.1) is 12.8 Å². The van der Waals surface area contributed by atoms with Crippen molar-refractivity contribution in [3.8, 4) is 5.75 Å². The fourth-order valence-corrected chi connectivity index (χ4v) is 5.67. The Bertz CT molecular complexity index is 1910. The lowest BCUT2D eigenvalue weighted by Crippen LogP contribution is -2.38. The second-order valence-electron chi connectivity index (χ2n) is 11.1. The van der Waals surface area contributed by atoms with Gasteiger partial charge in [0.05, 0.1) is 23.1 Å². The molecule has 2 N–H and O–H groups in total. The number of carboxylic acids is 1.